The van der Waals surface area contributed by atoms with E-state index in [2.05, 4.69) is 21.6 Å². The molecule has 3 rings (SSSR count). The summed E-state index contributed by atoms with van der Waals surface area (Å²) in [5, 5.41) is 5.87. The minimum Gasteiger partial charge on any atom is -0.371 e. The number of rotatable bonds is 7. The molecule has 0 bridgehead atoms. The molecule has 1 aliphatic heterocycles. The van der Waals surface area contributed by atoms with Crippen LogP contribution in [0.4, 0.5) is 11.4 Å². The molecule has 5 heteroatoms. The third-order valence-electron chi connectivity index (χ3n) is 5.06. The van der Waals surface area contributed by atoms with Crippen LogP contribution in [-0.2, 0) is 4.79 Å². The van der Waals surface area contributed by atoms with E-state index in [1.807, 2.05) is 50.2 Å². The molecular formula is C23H29N3O2. The van der Waals surface area contributed by atoms with Crippen molar-refractivity contribution in [3.8, 4) is 0 Å². The number of nitrogens with one attached hydrogen (secondary N) is 2. The minimum absolute atomic E-state index is 0.179. The van der Waals surface area contributed by atoms with Gasteiger partial charge in [-0.25, -0.2) is 0 Å². The van der Waals surface area contributed by atoms with Gasteiger partial charge >= 0.3 is 0 Å². The summed E-state index contributed by atoms with van der Waals surface area (Å²) < 4.78 is 0. The highest BCUT2D eigenvalue weighted by Crippen LogP contribution is 2.23. The molecule has 2 aromatic rings. The maximum atomic E-state index is 12.8. The Balaban J connectivity index is 1.67. The summed E-state index contributed by atoms with van der Waals surface area (Å²) in [6.07, 6.45) is 3.81. The van der Waals surface area contributed by atoms with E-state index >= 15 is 0 Å². The maximum Gasteiger partial charge on any atom is 0.251 e. The van der Waals surface area contributed by atoms with Gasteiger partial charge in [-0.2, -0.15) is 0 Å². The second-order valence-electron chi connectivity index (χ2n) is 7.42. The normalized spacial score (nSPS) is 14.6. The number of hydrogen-bond donors (Lipinski definition) is 2. The molecule has 1 unspecified atom stereocenters. The third-order valence-corrected chi connectivity index (χ3v) is 5.06. The Morgan fingerprint density at radius 3 is 2.54 bits per heavy atom. The predicted octanol–water partition coefficient (Wildman–Crippen LogP) is 4.13. The summed E-state index contributed by atoms with van der Waals surface area (Å²) in [7, 11) is 0. The van der Waals surface area contributed by atoms with Crippen molar-refractivity contribution in [2.24, 2.45) is 0 Å². The number of amides is 2. The predicted molar refractivity (Wildman–Crippen MR) is 114 cm³/mol. The third kappa shape index (κ3) is 5.12. The molecule has 1 heterocycles. The molecule has 1 atom stereocenters. The van der Waals surface area contributed by atoms with Crippen molar-refractivity contribution in [1.82, 2.24) is 5.32 Å². The molecule has 0 aromatic heterocycles. The Bertz CT molecular complexity index is 828. The Kier molecular flexibility index (Phi) is 6.69. The molecule has 28 heavy (non-hydrogen) atoms. The average Bonchev–Trinajstić information content (AvgIpc) is 3.22. The molecule has 1 aliphatic rings. The molecular weight excluding hydrogens is 350 g/mol. The van der Waals surface area contributed by atoms with Gasteiger partial charge in [-0.3, -0.25) is 9.59 Å². The van der Waals surface area contributed by atoms with E-state index in [1.54, 1.807) is 6.07 Å². The first-order valence-electron chi connectivity index (χ1n) is 10.1. The first kappa shape index (κ1) is 19.9. The van der Waals surface area contributed by atoms with Crippen LogP contribution >= 0.6 is 0 Å². The van der Waals surface area contributed by atoms with Crippen molar-refractivity contribution >= 4 is 23.2 Å². The summed E-state index contributed by atoms with van der Waals surface area (Å²) in [6.45, 7) is 6.07. The summed E-state index contributed by atoms with van der Waals surface area (Å²) >= 11 is 0. The van der Waals surface area contributed by atoms with Gasteiger partial charge in [0.2, 0.25) is 5.91 Å². The number of nitrogens with zero attached hydrogens (tertiary/aromatic N) is 1. The van der Waals surface area contributed by atoms with Gasteiger partial charge < -0.3 is 15.5 Å². The van der Waals surface area contributed by atoms with Crippen molar-refractivity contribution in [3.05, 3.63) is 59.7 Å². The van der Waals surface area contributed by atoms with E-state index in [0.29, 0.717) is 12.0 Å². The van der Waals surface area contributed by atoms with Gasteiger partial charge in [-0.1, -0.05) is 37.1 Å². The number of aryl methyl sites for hydroxylation is 1. The number of carbonyl (C=O) groups is 2. The fourth-order valence-electron chi connectivity index (χ4n) is 3.57. The molecule has 5 nitrogen and oxygen atoms in total. The molecule has 2 amide bonds. The van der Waals surface area contributed by atoms with Gasteiger partial charge in [0.25, 0.3) is 5.91 Å². The molecule has 148 valence electrons. The SMILES string of the molecule is CCCC(NC(=O)c1cccc(C)c1)C(=O)Nc1cccc(N2CCCC2)c1. The molecule has 2 N–H and O–H groups in total. The summed E-state index contributed by atoms with van der Waals surface area (Å²) in [6, 6.07) is 14.8. The van der Waals surface area contributed by atoms with E-state index in [4.69, 9.17) is 0 Å². The summed E-state index contributed by atoms with van der Waals surface area (Å²) in [4.78, 5) is 27.7. The second kappa shape index (κ2) is 9.40. The van der Waals surface area contributed by atoms with Crippen molar-refractivity contribution in [2.45, 2.75) is 45.6 Å². The lowest BCUT2D eigenvalue weighted by Crippen LogP contribution is -2.43. The molecule has 1 saturated heterocycles. The average molecular weight is 380 g/mol. The highest BCUT2D eigenvalue weighted by atomic mass is 16.2. The topological polar surface area (TPSA) is 61.4 Å². The number of carbonyl (C=O) groups excluding carboxylic acids is 2. The lowest BCUT2D eigenvalue weighted by Gasteiger charge is -2.20. The van der Waals surface area contributed by atoms with E-state index in [0.717, 1.165) is 36.4 Å². The van der Waals surface area contributed by atoms with Crippen LogP contribution in [0, 0.1) is 6.92 Å². The van der Waals surface area contributed by atoms with Gasteiger partial charge in [-0.05, 0) is 56.5 Å². The van der Waals surface area contributed by atoms with Crippen LogP contribution in [0.2, 0.25) is 0 Å². The van der Waals surface area contributed by atoms with Gasteiger partial charge in [0.1, 0.15) is 6.04 Å². The summed E-state index contributed by atoms with van der Waals surface area (Å²) in [5.41, 5.74) is 3.49. The Labute approximate surface area is 167 Å². The van der Waals surface area contributed by atoms with Gasteiger partial charge in [0.05, 0.1) is 0 Å². The van der Waals surface area contributed by atoms with Crippen molar-refractivity contribution in [3.63, 3.8) is 0 Å². The van der Waals surface area contributed by atoms with E-state index in [1.165, 1.54) is 12.8 Å². The van der Waals surface area contributed by atoms with E-state index < -0.39 is 6.04 Å². The monoisotopic (exact) mass is 379 g/mol. The van der Waals surface area contributed by atoms with Crippen LogP contribution in [0.5, 0.6) is 0 Å². The van der Waals surface area contributed by atoms with Crippen LogP contribution in [0.3, 0.4) is 0 Å². The highest BCUT2D eigenvalue weighted by molar-refractivity contribution is 6.01. The largest absolute Gasteiger partial charge is 0.371 e. The Morgan fingerprint density at radius 2 is 1.82 bits per heavy atom. The van der Waals surface area contributed by atoms with E-state index in [-0.39, 0.29) is 11.8 Å². The molecule has 0 aliphatic carbocycles. The van der Waals surface area contributed by atoms with Crippen LogP contribution in [0.25, 0.3) is 0 Å². The fraction of sp³-hybridized carbons (Fsp3) is 0.391. The maximum absolute atomic E-state index is 12.8. The van der Waals surface area contributed by atoms with E-state index in [9.17, 15) is 9.59 Å². The quantitative estimate of drug-likeness (QED) is 0.760. The lowest BCUT2D eigenvalue weighted by atomic mass is 10.1. The summed E-state index contributed by atoms with van der Waals surface area (Å²) in [5.74, 6) is -0.399. The highest BCUT2D eigenvalue weighted by Gasteiger charge is 2.21. The van der Waals surface area contributed by atoms with Crippen molar-refractivity contribution in [1.29, 1.82) is 0 Å². The first-order chi connectivity index (χ1) is 13.6. The molecule has 1 fully saturated rings. The first-order valence-corrected chi connectivity index (χ1v) is 10.1. The molecule has 0 saturated carbocycles. The van der Waals surface area contributed by atoms with Crippen molar-refractivity contribution < 1.29 is 9.59 Å². The van der Waals surface area contributed by atoms with Gasteiger partial charge in [-0.15, -0.1) is 0 Å². The second-order valence-corrected chi connectivity index (χ2v) is 7.42. The minimum atomic E-state index is -0.562. The molecule has 2 aromatic carbocycles. The zero-order valence-corrected chi connectivity index (χ0v) is 16.7. The van der Waals surface area contributed by atoms with Gasteiger partial charge in [0.15, 0.2) is 0 Å². The number of benzene rings is 2. The lowest BCUT2D eigenvalue weighted by molar-refractivity contribution is -0.118. The van der Waals surface area contributed by atoms with Crippen LogP contribution in [0.1, 0.15) is 48.5 Å². The van der Waals surface area contributed by atoms with Crippen LogP contribution in [-0.4, -0.2) is 30.9 Å². The van der Waals surface area contributed by atoms with Crippen LogP contribution in [0.15, 0.2) is 48.5 Å². The van der Waals surface area contributed by atoms with Crippen LogP contribution < -0.4 is 15.5 Å². The van der Waals surface area contributed by atoms with Gasteiger partial charge in [0, 0.05) is 30.0 Å². The zero-order valence-electron chi connectivity index (χ0n) is 16.7. The standard InChI is InChI=1S/C23H29N3O2/c1-3-8-21(25-22(27)18-10-6-9-17(2)15-18)23(28)24-19-11-7-12-20(16-19)26-13-4-5-14-26/h6-7,9-12,15-16,21H,3-5,8,13-14H2,1-2H3,(H,24,28)(H,25,27). The Morgan fingerprint density at radius 1 is 1.07 bits per heavy atom. The number of hydrogen-bond acceptors (Lipinski definition) is 3. The molecule has 0 radical (unpaired) electrons. The Hall–Kier alpha value is -2.82. The number of anilines is 2. The molecule has 0 spiro atoms. The van der Waals surface area contributed by atoms with Crippen molar-refractivity contribution in [2.75, 3.05) is 23.3 Å². The zero-order chi connectivity index (χ0) is 19.9. The fourth-order valence-corrected chi connectivity index (χ4v) is 3.57. The smallest absolute Gasteiger partial charge is 0.251 e.